The fourth-order valence-electron chi connectivity index (χ4n) is 4.74. The molecule has 3 amide bonds. The van der Waals surface area contributed by atoms with E-state index in [4.69, 9.17) is 20.9 Å². The van der Waals surface area contributed by atoms with Crippen molar-refractivity contribution in [2.24, 2.45) is 5.73 Å². The molecule has 0 bridgehead atoms. The van der Waals surface area contributed by atoms with Gasteiger partial charge in [-0.2, -0.15) is 4.37 Å². The zero-order valence-electron chi connectivity index (χ0n) is 20.3. The van der Waals surface area contributed by atoms with Crippen molar-refractivity contribution in [1.82, 2.24) is 14.6 Å². The number of amides is 3. The predicted molar refractivity (Wildman–Crippen MR) is 137 cm³/mol. The average Bonchev–Trinajstić information content (AvgIpc) is 3.65. The van der Waals surface area contributed by atoms with Gasteiger partial charge in [0, 0.05) is 12.6 Å². The van der Waals surface area contributed by atoms with E-state index in [1.165, 1.54) is 29.2 Å². The second kappa shape index (κ2) is 10.7. The summed E-state index contributed by atoms with van der Waals surface area (Å²) >= 11 is 0.728. The topological polar surface area (TPSA) is 150 Å². The smallest absolute Gasteiger partial charge is 0.270 e. The summed E-state index contributed by atoms with van der Waals surface area (Å²) < 4.78 is 28.7. The number of carbonyl (C=O) groups is 3. The molecule has 198 valence electrons. The summed E-state index contributed by atoms with van der Waals surface area (Å²) in [7, 11) is 0. The molecule has 1 aromatic heterocycles. The Bertz CT molecular complexity index is 1370. The van der Waals surface area contributed by atoms with Crippen LogP contribution in [-0.4, -0.2) is 39.8 Å². The van der Waals surface area contributed by atoms with Gasteiger partial charge >= 0.3 is 0 Å². The third-order valence-electron chi connectivity index (χ3n) is 6.65. The molecule has 2 heterocycles. The van der Waals surface area contributed by atoms with E-state index in [9.17, 15) is 18.8 Å². The highest BCUT2D eigenvalue weighted by Crippen LogP contribution is 2.35. The number of ether oxygens (including phenoxy) is 2. The Morgan fingerprint density at radius 2 is 1.82 bits per heavy atom. The lowest BCUT2D eigenvalue weighted by Crippen LogP contribution is -2.45. The van der Waals surface area contributed by atoms with E-state index in [2.05, 4.69) is 9.69 Å². The normalized spacial score (nSPS) is 15.3. The Labute approximate surface area is 221 Å². The highest BCUT2D eigenvalue weighted by Gasteiger charge is 2.36. The molecule has 5 rings (SSSR count). The number of primary amides is 1. The minimum atomic E-state index is -1.13. The first kappa shape index (κ1) is 25.5. The molecule has 1 saturated carbocycles. The molecule has 2 aromatic carbocycles. The average molecular weight is 540 g/mol. The van der Waals surface area contributed by atoms with Gasteiger partial charge in [0.2, 0.25) is 12.7 Å². The standard InChI is InChI=1S/C26H26FN5O5S/c27-16-8-6-15(7-9-16)22(25(34)30-17-3-1-2-4-17)32(12-14-5-10-18-19(11-14)37-13-36-18)26(35)23-20(28)21(24(29)33)31-38-23/h5-11,17,22H,1-4,12-13,28H2,(H2,29,33)(H,30,34). The third kappa shape index (κ3) is 5.12. The molecule has 1 atom stereocenters. The van der Waals surface area contributed by atoms with Gasteiger partial charge in [-0.15, -0.1) is 0 Å². The molecule has 0 spiro atoms. The lowest BCUT2D eigenvalue weighted by molar-refractivity contribution is -0.126. The van der Waals surface area contributed by atoms with Gasteiger partial charge in [-0.3, -0.25) is 14.4 Å². The van der Waals surface area contributed by atoms with E-state index in [1.54, 1.807) is 18.2 Å². The monoisotopic (exact) mass is 539 g/mol. The second-order valence-electron chi connectivity index (χ2n) is 9.20. The van der Waals surface area contributed by atoms with Crippen LogP contribution in [0, 0.1) is 5.82 Å². The summed E-state index contributed by atoms with van der Waals surface area (Å²) in [5.41, 5.74) is 12.1. The predicted octanol–water partition coefficient (Wildman–Crippen LogP) is 3.13. The maximum atomic E-state index is 14.0. The zero-order valence-corrected chi connectivity index (χ0v) is 21.1. The lowest BCUT2D eigenvalue weighted by atomic mass is 10.0. The Hall–Kier alpha value is -4.19. The van der Waals surface area contributed by atoms with E-state index in [1.807, 2.05) is 0 Å². The fourth-order valence-corrected chi connectivity index (χ4v) is 5.51. The van der Waals surface area contributed by atoms with Gasteiger partial charge in [-0.25, -0.2) is 4.39 Å². The first-order chi connectivity index (χ1) is 18.3. The van der Waals surface area contributed by atoms with Crippen LogP contribution in [0.5, 0.6) is 11.5 Å². The highest BCUT2D eigenvalue weighted by atomic mass is 32.1. The van der Waals surface area contributed by atoms with Gasteiger partial charge in [0.25, 0.3) is 11.8 Å². The Balaban J connectivity index is 1.58. The van der Waals surface area contributed by atoms with Crippen molar-refractivity contribution in [2.45, 2.75) is 44.3 Å². The number of rotatable bonds is 8. The first-order valence-electron chi connectivity index (χ1n) is 12.1. The molecule has 38 heavy (non-hydrogen) atoms. The Morgan fingerprint density at radius 3 is 2.50 bits per heavy atom. The number of nitrogens with zero attached hydrogens (tertiary/aromatic N) is 2. The summed E-state index contributed by atoms with van der Waals surface area (Å²) in [4.78, 5) is 40.9. The van der Waals surface area contributed by atoms with E-state index in [0.29, 0.717) is 22.6 Å². The van der Waals surface area contributed by atoms with Gasteiger partial charge in [0.15, 0.2) is 17.2 Å². The molecular weight excluding hydrogens is 513 g/mol. The highest BCUT2D eigenvalue weighted by molar-refractivity contribution is 7.09. The Kier molecular flexibility index (Phi) is 7.14. The molecule has 12 heteroatoms. The molecule has 5 N–H and O–H groups in total. The van der Waals surface area contributed by atoms with Gasteiger partial charge in [-0.05, 0) is 59.8 Å². The van der Waals surface area contributed by atoms with Crippen molar-refractivity contribution in [1.29, 1.82) is 0 Å². The zero-order chi connectivity index (χ0) is 26.8. The molecule has 3 aromatic rings. The number of carbonyl (C=O) groups excluding carboxylic acids is 3. The van der Waals surface area contributed by atoms with Crippen LogP contribution in [0.2, 0.25) is 0 Å². The maximum Gasteiger partial charge on any atom is 0.270 e. The molecule has 1 aliphatic carbocycles. The van der Waals surface area contributed by atoms with Crippen LogP contribution >= 0.6 is 11.5 Å². The minimum Gasteiger partial charge on any atom is -0.454 e. The lowest BCUT2D eigenvalue weighted by Gasteiger charge is -2.32. The van der Waals surface area contributed by atoms with Crippen LogP contribution in [-0.2, 0) is 11.3 Å². The quantitative estimate of drug-likeness (QED) is 0.398. The number of benzene rings is 2. The molecule has 2 aliphatic rings. The summed E-state index contributed by atoms with van der Waals surface area (Å²) in [6.07, 6.45) is 3.67. The molecule has 1 aliphatic heterocycles. The summed E-state index contributed by atoms with van der Waals surface area (Å²) in [5.74, 6) is -1.29. The van der Waals surface area contributed by atoms with Crippen molar-refractivity contribution < 1.29 is 28.2 Å². The van der Waals surface area contributed by atoms with E-state index in [0.717, 1.165) is 37.2 Å². The molecule has 0 radical (unpaired) electrons. The van der Waals surface area contributed by atoms with Crippen LogP contribution in [0.1, 0.15) is 63.0 Å². The second-order valence-corrected chi connectivity index (χ2v) is 9.98. The van der Waals surface area contributed by atoms with Crippen LogP contribution in [0.3, 0.4) is 0 Å². The van der Waals surface area contributed by atoms with Crippen LogP contribution in [0.4, 0.5) is 10.1 Å². The van der Waals surface area contributed by atoms with Crippen molar-refractivity contribution in [3.05, 3.63) is 70.0 Å². The maximum absolute atomic E-state index is 14.0. The number of halogens is 1. The molecular formula is C26H26FN5O5S. The van der Waals surface area contributed by atoms with Gasteiger partial charge < -0.3 is 31.2 Å². The first-order valence-corrected chi connectivity index (χ1v) is 12.9. The number of anilines is 1. The van der Waals surface area contributed by atoms with Crippen LogP contribution in [0.15, 0.2) is 42.5 Å². The largest absolute Gasteiger partial charge is 0.454 e. The fraction of sp³-hybridized carbons (Fsp3) is 0.308. The van der Waals surface area contributed by atoms with Crippen molar-refractivity contribution in [3.8, 4) is 11.5 Å². The van der Waals surface area contributed by atoms with Crippen LogP contribution in [0.25, 0.3) is 0 Å². The van der Waals surface area contributed by atoms with E-state index >= 15 is 0 Å². The molecule has 10 nitrogen and oxygen atoms in total. The molecule has 0 saturated heterocycles. The number of nitrogen functional groups attached to an aromatic ring is 1. The van der Waals surface area contributed by atoms with Crippen molar-refractivity contribution >= 4 is 34.9 Å². The Morgan fingerprint density at radius 1 is 1.11 bits per heavy atom. The summed E-state index contributed by atoms with van der Waals surface area (Å²) in [6.45, 7) is 0.0512. The number of hydrogen-bond donors (Lipinski definition) is 3. The molecule has 1 unspecified atom stereocenters. The van der Waals surface area contributed by atoms with Crippen LogP contribution < -0.4 is 26.3 Å². The summed E-state index contributed by atoms with van der Waals surface area (Å²) in [6, 6.07) is 9.46. The number of nitrogens with two attached hydrogens (primary N) is 2. The van der Waals surface area contributed by atoms with E-state index < -0.39 is 29.6 Å². The van der Waals surface area contributed by atoms with E-state index in [-0.39, 0.29) is 35.6 Å². The minimum absolute atomic E-state index is 0.0251. The molecule has 1 fully saturated rings. The SMILES string of the molecule is NC(=O)c1nsc(C(=O)N(Cc2ccc3c(c2)OCO3)C(C(=O)NC2CCCC2)c2ccc(F)cc2)c1N. The van der Waals surface area contributed by atoms with Gasteiger partial charge in [0.05, 0.1) is 5.69 Å². The van der Waals surface area contributed by atoms with Crippen molar-refractivity contribution in [2.75, 3.05) is 12.5 Å². The van der Waals surface area contributed by atoms with Gasteiger partial charge in [-0.1, -0.05) is 31.0 Å². The number of fused-ring (bicyclic) bond motifs is 1. The summed E-state index contributed by atoms with van der Waals surface area (Å²) in [5, 5.41) is 3.06. The van der Waals surface area contributed by atoms with Gasteiger partial charge in [0.1, 0.15) is 16.7 Å². The van der Waals surface area contributed by atoms with Crippen molar-refractivity contribution in [3.63, 3.8) is 0 Å². The number of hydrogen-bond acceptors (Lipinski definition) is 8. The number of nitrogens with one attached hydrogen (secondary N) is 1. The third-order valence-corrected chi connectivity index (χ3v) is 7.50. The number of aromatic nitrogens is 1.